The zero-order valence-corrected chi connectivity index (χ0v) is 10.9. The summed E-state index contributed by atoms with van der Waals surface area (Å²) < 4.78 is 11.0. The van der Waals surface area contributed by atoms with Crippen LogP contribution < -0.4 is 0 Å². The van der Waals surface area contributed by atoms with Crippen molar-refractivity contribution in [1.82, 2.24) is 0 Å². The van der Waals surface area contributed by atoms with Gasteiger partial charge >= 0.3 is 19.5 Å². The van der Waals surface area contributed by atoms with E-state index in [4.69, 9.17) is 20.0 Å². The molecule has 0 aliphatic rings. The van der Waals surface area contributed by atoms with Gasteiger partial charge in [-0.3, -0.25) is 14.2 Å². The monoisotopic (exact) mass is 286 g/mol. The first-order chi connectivity index (χ1) is 7.71. The lowest BCUT2D eigenvalue weighted by Crippen LogP contribution is -2.36. The zero-order valence-electron chi connectivity index (χ0n) is 9.15. The fourth-order valence-corrected chi connectivity index (χ4v) is 3.38. The summed E-state index contributed by atoms with van der Waals surface area (Å²) >= 11 is 1.16. The lowest BCUT2D eigenvalue weighted by molar-refractivity contribution is -0.147. The third-order valence-electron chi connectivity index (χ3n) is 1.96. The summed E-state index contributed by atoms with van der Waals surface area (Å²) in [5.74, 6) is -4.42. The van der Waals surface area contributed by atoms with Gasteiger partial charge in [0.25, 0.3) is 0 Å². The molecule has 0 aromatic rings. The van der Waals surface area contributed by atoms with Crippen LogP contribution in [0.2, 0.25) is 0 Å². The quantitative estimate of drug-likeness (QED) is 0.374. The first-order valence-corrected chi connectivity index (χ1v) is 7.64. The van der Waals surface area contributed by atoms with E-state index in [0.717, 1.165) is 18.2 Å². The normalized spacial score (nSPS) is 15.2. The van der Waals surface area contributed by atoms with Gasteiger partial charge in [0.1, 0.15) is 0 Å². The largest absolute Gasteiger partial charge is 0.481 e. The standard InChI is InChI=1S/C8H15O7PS/c1-2-3-17-4-5(7(9)10)6(8(11)12)16(13,14)15/h5-6H,2-4H2,1H3,(H,9,10)(H,11,12)(H2,13,14,15). The lowest BCUT2D eigenvalue weighted by Gasteiger charge is -2.20. The summed E-state index contributed by atoms with van der Waals surface area (Å²) in [5.41, 5.74) is -2.19. The summed E-state index contributed by atoms with van der Waals surface area (Å²) in [7, 11) is -4.98. The highest BCUT2D eigenvalue weighted by Crippen LogP contribution is 2.45. The van der Waals surface area contributed by atoms with E-state index >= 15 is 0 Å². The maximum Gasteiger partial charge on any atom is 0.340 e. The number of carbonyl (C=O) groups is 2. The third kappa shape index (κ3) is 5.54. The molecule has 4 N–H and O–H groups in total. The maximum atomic E-state index is 11.0. The van der Waals surface area contributed by atoms with E-state index in [1.54, 1.807) is 0 Å². The van der Waals surface area contributed by atoms with Crippen molar-refractivity contribution in [2.24, 2.45) is 5.92 Å². The summed E-state index contributed by atoms with van der Waals surface area (Å²) in [5, 5.41) is 17.6. The second-order valence-corrected chi connectivity index (χ2v) is 6.28. The Kier molecular flexibility index (Phi) is 6.77. The first kappa shape index (κ1) is 16.4. The minimum absolute atomic E-state index is 0.134. The molecule has 0 radical (unpaired) electrons. The molecule has 0 fully saturated rings. The molecule has 100 valence electrons. The molecule has 0 aromatic heterocycles. The Morgan fingerprint density at radius 3 is 2.06 bits per heavy atom. The number of carboxylic acid groups (broad SMARTS) is 2. The van der Waals surface area contributed by atoms with Crippen LogP contribution in [0, 0.1) is 5.92 Å². The van der Waals surface area contributed by atoms with Crippen molar-refractivity contribution >= 4 is 31.3 Å². The fraction of sp³-hybridized carbons (Fsp3) is 0.750. The summed E-state index contributed by atoms with van der Waals surface area (Å²) in [6.07, 6.45) is 0.769. The van der Waals surface area contributed by atoms with Gasteiger partial charge < -0.3 is 20.0 Å². The molecule has 7 nitrogen and oxygen atoms in total. The van der Waals surface area contributed by atoms with E-state index in [1.165, 1.54) is 0 Å². The number of rotatable bonds is 8. The minimum Gasteiger partial charge on any atom is -0.481 e. The highest BCUT2D eigenvalue weighted by atomic mass is 32.2. The van der Waals surface area contributed by atoms with Crippen molar-refractivity contribution in [3.63, 3.8) is 0 Å². The molecule has 0 saturated carbocycles. The van der Waals surface area contributed by atoms with E-state index in [1.807, 2.05) is 6.92 Å². The highest BCUT2D eigenvalue weighted by molar-refractivity contribution is 7.99. The summed E-state index contributed by atoms with van der Waals surface area (Å²) in [6, 6.07) is 0. The van der Waals surface area contributed by atoms with Gasteiger partial charge in [0.05, 0.1) is 5.92 Å². The van der Waals surface area contributed by atoms with Crippen molar-refractivity contribution in [2.75, 3.05) is 11.5 Å². The van der Waals surface area contributed by atoms with Gasteiger partial charge in [0.2, 0.25) is 0 Å². The minimum atomic E-state index is -4.98. The Morgan fingerprint density at radius 2 is 1.76 bits per heavy atom. The Morgan fingerprint density at radius 1 is 1.24 bits per heavy atom. The molecule has 9 heteroatoms. The van der Waals surface area contributed by atoms with Gasteiger partial charge in [0.15, 0.2) is 5.66 Å². The van der Waals surface area contributed by atoms with Crippen molar-refractivity contribution in [3.8, 4) is 0 Å². The van der Waals surface area contributed by atoms with Crippen LogP contribution in [0.5, 0.6) is 0 Å². The molecular weight excluding hydrogens is 271 g/mol. The molecule has 0 heterocycles. The Labute approximate surface area is 102 Å². The van der Waals surface area contributed by atoms with E-state index in [9.17, 15) is 14.2 Å². The molecule has 0 rings (SSSR count). The molecule has 0 aliphatic carbocycles. The van der Waals surface area contributed by atoms with Crippen LogP contribution in [0.15, 0.2) is 0 Å². The number of hydrogen-bond acceptors (Lipinski definition) is 4. The lowest BCUT2D eigenvalue weighted by atomic mass is 10.1. The van der Waals surface area contributed by atoms with Gasteiger partial charge in [-0.1, -0.05) is 6.92 Å². The molecular formula is C8H15O7PS. The van der Waals surface area contributed by atoms with Crippen LogP contribution in [0.25, 0.3) is 0 Å². The third-order valence-corrected chi connectivity index (χ3v) is 4.56. The van der Waals surface area contributed by atoms with Crippen LogP contribution in [-0.2, 0) is 14.2 Å². The topological polar surface area (TPSA) is 132 Å². The smallest absolute Gasteiger partial charge is 0.340 e. The molecule has 2 atom stereocenters. The molecule has 0 bridgehead atoms. The van der Waals surface area contributed by atoms with Crippen LogP contribution in [0.1, 0.15) is 13.3 Å². The Balaban J connectivity index is 4.92. The number of aliphatic carboxylic acids is 2. The average molecular weight is 286 g/mol. The van der Waals surface area contributed by atoms with E-state index in [0.29, 0.717) is 5.75 Å². The van der Waals surface area contributed by atoms with Crippen molar-refractivity contribution in [2.45, 2.75) is 19.0 Å². The van der Waals surface area contributed by atoms with Gasteiger partial charge in [-0.15, -0.1) is 0 Å². The molecule has 0 amide bonds. The van der Waals surface area contributed by atoms with E-state index < -0.39 is 31.1 Å². The molecule has 2 unspecified atom stereocenters. The second kappa shape index (κ2) is 7.00. The molecule has 17 heavy (non-hydrogen) atoms. The maximum absolute atomic E-state index is 11.0. The van der Waals surface area contributed by atoms with Crippen molar-refractivity contribution in [3.05, 3.63) is 0 Å². The number of thioether (sulfide) groups is 1. The van der Waals surface area contributed by atoms with Crippen LogP contribution >= 0.6 is 19.4 Å². The van der Waals surface area contributed by atoms with Gasteiger partial charge in [0, 0.05) is 5.75 Å². The highest BCUT2D eigenvalue weighted by Gasteiger charge is 2.45. The SMILES string of the molecule is CCCSCC(C(=O)O)C(C(=O)O)P(=O)(O)O. The predicted molar refractivity (Wildman–Crippen MR) is 62.2 cm³/mol. The van der Waals surface area contributed by atoms with Gasteiger partial charge in [-0.05, 0) is 12.2 Å². The van der Waals surface area contributed by atoms with Crippen molar-refractivity contribution in [1.29, 1.82) is 0 Å². The van der Waals surface area contributed by atoms with E-state index in [-0.39, 0.29) is 5.75 Å². The van der Waals surface area contributed by atoms with Crippen LogP contribution in [0.4, 0.5) is 0 Å². The number of carboxylic acids is 2. The molecule has 0 saturated heterocycles. The second-order valence-electron chi connectivity index (χ2n) is 3.39. The van der Waals surface area contributed by atoms with Gasteiger partial charge in [-0.25, -0.2) is 0 Å². The summed E-state index contributed by atoms with van der Waals surface area (Å²) in [6.45, 7) is 1.86. The Bertz CT molecular complexity index is 326. The molecule has 0 aliphatic heterocycles. The van der Waals surface area contributed by atoms with Crippen molar-refractivity contribution < 1.29 is 34.2 Å². The predicted octanol–water partition coefficient (Wildman–Crippen LogP) is 0.461. The first-order valence-electron chi connectivity index (χ1n) is 4.80. The fourth-order valence-electron chi connectivity index (χ4n) is 1.20. The van der Waals surface area contributed by atoms with Gasteiger partial charge in [-0.2, -0.15) is 11.8 Å². The van der Waals surface area contributed by atoms with E-state index in [2.05, 4.69) is 0 Å². The zero-order chi connectivity index (χ0) is 13.6. The number of hydrogen-bond donors (Lipinski definition) is 4. The average Bonchev–Trinajstić information content (AvgIpc) is 2.13. The van der Waals surface area contributed by atoms with Crippen LogP contribution in [0.3, 0.4) is 0 Å². The summed E-state index contributed by atoms with van der Waals surface area (Å²) in [4.78, 5) is 39.4. The molecule has 0 aromatic carbocycles. The molecule has 0 spiro atoms. The van der Waals surface area contributed by atoms with Crippen LogP contribution in [-0.4, -0.2) is 49.1 Å². The Hall–Kier alpha value is -0.560.